The van der Waals surface area contributed by atoms with Crippen LogP contribution in [-0.2, 0) is 13.0 Å². The van der Waals surface area contributed by atoms with E-state index in [9.17, 15) is 13.6 Å². The van der Waals surface area contributed by atoms with Crippen molar-refractivity contribution in [2.24, 2.45) is 5.73 Å². The third-order valence-electron chi connectivity index (χ3n) is 3.51. The maximum atomic E-state index is 13.1. The standard InChI is InChI=1S/C16H20F2N4O.ClH/c1-2-14-13(15(23)20-11-16(17,18)10-19)8-21-22(14)9-12-6-4-3-5-7-12;/h3-8H,2,9-11,19H2,1H3,(H,20,23);1H. The molecule has 8 heteroatoms. The molecule has 3 N–H and O–H groups in total. The predicted octanol–water partition coefficient (Wildman–Crippen LogP) is 2.24. The van der Waals surface area contributed by atoms with E-state index in [0.717, 1.165) is 5.56 Å². The molecule has 1 heterocycles. The van der Waals surface area contributed by atoms with Crippen molar-refractivity contribution in [3.8, 4) is 0 Å². The lowest BCUT2D eigenvalue weighted by Crippen LogP contribution is -2.41. The molecule has 0 spiro atoms. The van der Waals surface area contributed by atoms with Crippen molar-refractivity contribution in [1.29, 1.82) is 0 Å². The molecule has 132 valence electrons. The van der Waals surface area contributed by atoms with E-state index in [1.165, 1.54) is 6.20 Å². The summed E-state index contributed by atoms with van der Waals surface area (Å²) in [5.74, 6) is -3.67. The molecule has 0 unspecified atom stereocenters. The summed E-state index contributed by atoms with van der Waals surface area (Å²) >= 11 is 0. The van der Waals surface area contributed by atoms with Gasteiger partial charge in [-0.1, -0.05) is 37.3 Å². The van der Waals surface area contributed by atoms with Crippen LogP contribution in [0.2, 0.25) is 0 Å². The summed E-state index contributed by atoms with van der Waals surface area (Å²) < 4.78 is 28.0. The molecular weight excluding hydrogens is 338 g/mol. The van der Waals surface area contributed by atoms with Gasteiger partial charge in [-0.2, -0.15) is 5.10 Å². The second-order valence-corrected chi connectivity index (χ2v) is 5.24. The molecule has 0 aliphatic carbocycles. The molecule has 2 aromatic rings. The summed E-state index contributed by atoms with van der Waals surface area (Å²) in [6.45, 7) is 0.830. The number of nitrogens with two attached hydrogens (primary N) is 1. The molecule has 0 saturated heterocycles. The third-order valence-corrected chi connectivity index (χ3v) is 3.51. The minimum absolute atomic E-state index is 0. The molecule has 0 bridgehead atoms. The first kappa shape index (κ1) is 20.1. The van der Waals surface area contributed by atoms with Crippen LogP contribution in [0, 0.1) is 0 Å². The van der Waals surface area contributed by atoms with Crippen molar-refractivity contribution in [2.45, 2.75) is 25.8 Å². The van der Waals surface area contributed by atoms with Gasteiger partial charge in [0.15, 0.2) is 0 Å². The number of halogens is 3. The van der Waals surface area contributed by atoms with E-state index < -0.39 is 24.9 Å². The van der Waals surface area contributed by atoms with Gasteiger partial charge in [-0.25, -0.2) is 8.78 Å². The molecule has 1 amide bonds. The third kappa shape index (κ3) is 5.01. The summed E-state index contributed by atoms with van der Waals surface area (Å²) in [5.41, 5.74) is 7.03. The largest absolute Gasteiger partial charge is 0.346 e. The van der Waals surface area contributed by atoms with Gasteiger partial charge >= 0.3 is 0 Å². The molecule has 0 aliphatic rings. The van der Waals surface area contributed by atoms with Crippen LogP contribution in [0.15, 0.2) is 36.5 Å². The lowest BCUT2D eigenvalue weighted by Gasteiger charge is -2.14. The van der Waals surface area contributed by atoms with Crippen molar-refractivity contribution in [3.05, 3.63) is 53.3 Å². The van der Waals surface area contributed by atoms with Crippen LogP contribution in [0.5, 0.6) is 0 Å². The minimum atomic E-state index is -3.11. The monoisotopic (exact) mass is 358 g/mol. The molecule has 2 rings (SSSR count). The zero-order chi connectivity index (χ0) is 16.9. The van der Waals surface area contributed by atoms with Gasteiger partial charge in [0.2, 0.25) is 0 Å². The van der Waals surface area contributed by atoms with Crippen LogP contribution in [0.4, 0.5) is 8.78 Å². The normalized spacial score (nSPS) is 11.0. The summed E-state index contributed by atoms with van der Waals surface area (Å²) in [6, 6.07) is 9.69. The Morgan fingerprint density at radius 1 is 1.33 bits per heavy atom. The number of carbonyl (C=O) groups excluding carboxylic acids is 1. The molecule has 0 atom stereocenters. The van der Waals surface area contributed by atoms with Crippen molar-refractivity contribution in [3.63, 3.8) is 0 Å². The van der Waals surface area contributed by atoms with E-state index in [1.807, 2.05) is 37.3 Å². The fraction of sp³-hybridized carbons (Fsp3) is 0.375. The number of carbonyl (C=O) groups is 1. The predicted molar refractivity (Wildman–Crippen MR) is 90.7 cm³/mol. The van der Waals surface area contributed by atoms with Gasteiger partial charge in [-0.3, -0.25) is 9.48 Å². The second kappa shape index (κ2) is 8.75. The first-order chi connectivity index (χ1) is 11.0. The van der Waals surface area contributed by atoms with Gasteiger partial charge in [0.1, 0.15) is 0 Å². The maximum Gasteiger partial charge on any atom is 0.277 e. The molecule has 0 radical (unpaired) electrons. The number of nitrogens with one attached hydrogen (secondary N) is 1. The van der Waals surface area contributed by atoms with Gasteiger partial charge in [-0.15, -0.1) is 12.4 Å². The number of rotatable bonds is 7. The first-order valence-electron chi connectivity index (χ1n) is 7.41. The van der Waals surface area contributed by atoms with Crippen molar-refractivity contribution in [2.75, 3.05) is 13.1 Å². The van der Waals surface area contributed by atoms with E-state index in [1.54, 1.807) is 4.68 Å². The van der Waals surface area contributed by atoms with Gasteiger partial charge in [0.25, 0.3) is 11.8 Å². The van der Waals surface area contributed by atoms with Crippen LogP contribution in [-0.4, -0.2) is 34.7 Å². The number of aromatic nitrogens is 2. The Morgan fingerprint density at radius 3 is 2.58 bits per heavy atom. The molecule has 0 aliphatic heterocycles. The number of amides is 1. The van der Waals surface area contributed by atoms with Crippen LogP contribution in [0.25, 0.3) is 0 Å². The fourth-order valence-electron chi connectivity index (χ4n) is 2.24. The Hall–Kier alpha value is -1.99. The fourth-order valence-corrected chi connectivity index (χ4v) is 2.24. The Balaban J connectivity index is 0.00000288. The Kier molecular flexibility index (Phi) is 7.31. The summed E-state index contributed by atoms with van der Waals surface area (Å²) in [7, 11) is 0. The molecule has 24 heavy (non-hydrogen) atoms. The number of alkyl halides is 2. The highest BCUT2D eigenvalue weighted by Crippen LogP contribution is 2.14. The average molecular weight is 359 g/mol. The lowest BCUT2D eigenvalue weighted by molar-refractivity contribution is 0.0118. The quantitative estimate of drug-likeness (QED) is 0.797. The number of hydrogen-bond acceptors (Lipinski definition) is 3. The zero-order valence-electron chi connectivity index (χ0n) is 13.3. The number of benzene rings is 1. The molecular formula is C16H21ClF2N4O. The van der Waals surface area contributed by atoms with E-state index in [0.29, 0.717) is 24.2 Å². The minimum Gasteiger partial charge on any atom is -0.346 e. The highest BCUT2D eigenvalue weighted by Gasteiger charge is 2.28. The Morgan fingerprint density at radius 2 is 2.00 bits per heavy atom. The van der Waals surface area contributed by atoms with E-state index in [4.69, 9.17) is 5.73 Å². The Labute approximate surface area is 145 Å². The number of hydrogen-bond donors (Lipinski definition) is 2. The van der Waals surface area contributed by atoms with Crippen LogP contribution >= 0.6 is 12.4 Å². The molecule has 5 nitrogen and oxygen atoms in total. The van der Waals surface area contributed by atoms with Gasteiger partial charge in [0.05, 0.1) is 37.1 Å². The Bertz CT molecular complexity index is 661. The topological polar surface area (TPSA) is 72.9 Å². The van der Waals surface area contributed by atoms with Gasteiger partial charge in [0, 0.05) is 0 Å². The molecule has 1 aromatic heterocycles. The van der Waals surface area contributed by atoms with Gasteiger partial charge < -0.3 is 11.1 Å². The van der Waals surface area contributed by atoms with E-state index >= 15 is 0 Å². The SMILES string of the molecule is CCc1c(C(=O)NCC(F)(F)CN)cnn1Cc1ccccc1.Cl. The van der Waals surface area contributed by atoms with Crippen LogP contribution in [0.3, 0.4) is 0 Å². The summed E-state index contributed by atoms with van der Waals surface area (Å²) in [4.78, 5) is 12.1. The van der Waals surface area contributed by atoms with Crippen molar-refractivity contribution < 1.29 is 13.6 Å². The van der Waals surface area contributed by atoms with E-state index in [-0.39, 0.29) is 12.4 Å². The second-order valence-electron chi connectivity index (χ2n) is 5.24. The maximum absolute atomic E-state index is 13.1. The molecule has 1 aromatic carbocycles. The van der Waals surface area contributed by atoms with Crippen LogP contribution < -0.4 is 11.1 Å². The smallest absolute Gasteiger partial charge is 0.277 e. The molecule has 0 saturated carbocycles. The van der Waals surface area contributed by atoms with Gasteiger partial charge in [-0.05, 0) is 12.0 Å². The van der Waals surface area contributed by atoms with Crippen molar-refractivity contribution >= 4 is 18.3 Å². The zero-order valence-corrected chi connectivity index (χ0v) is 14.2. The first-order valence-corrected chi connectivity index (χ1v) is 7.41. The highest BCUT2D eigenvalue weighted by atomic mass is 35.5. The summed E-state index contributed by atoms with van der Waals surface area (Å²) in [5, 5.41) is 6.43. The van der Waals surface area contributed by atoms with Crippen LogP contribution in [0.1, 0.15) is 28.5 Å². The summed E-state index contributed by atoms with van der Waals surface area (Å²) in [6.07, 6.45) is 1.99. The lowest BCUT2D eigenvalue weighted by atomic mass is 10.1. The van der Waals surface area contributed by atoms with Crippen molar-refractivity contribution in [1.82, 2.24) is 15.1 Å². The van der Waals surface area contributed by atoms with E-state index in [2.05, 4.69) is 10.4 Å². The average Bonchev–Trinajstić information content (AvgIpc) is 2.96. The molecule has 0 fully saturated rings. The number of nitrogens with zero attached hydrogens (tertiary/aromatic N) is 2. The highest BCUT2D eigenvalue weighted by molar-refractivity contribution is 5.95.